The normalized spacial score (nSPS) is 26.2. The lowest BCUT2D eigenvalue weighted by molar-refractivity contribution is -0.205. The Morgan fingerprint density at radius 3 is 1.82 bits per heavy atom. The molecule has 2 aliphatic carbocycles. The van der Waals surface area contributed by atoms with Crippen LogP contribution in [0.15, 0.2) is 22.8 Å². The Hall–Kier alpha value is -3.29. The van der Waals surface area contributed by atoms with Crippen LogP contribution in [0.3, 0.4) is 0 Å². The Balaban J connectivity index is 2.57. The molecule has 0 aromatic heterocycles. The second-order valence-corrected chi connectivity index (χ2v) is 15.7. The fourth-order valence-electron chi connectivity index (χ4n) is 7.87. The molecule has 7 atom stereocenters. The number of carbonyl (C=O) groups is 5. The van der Waals surface area contributed by atoms with E-state index in [9.17, 15) is 34.2 Å². The first-order valence-electron chi connectivity index (χ1n) is 21.0. The lowest BCUT2D eigenvalue weighted by Gasteiger charge is -2.40. The minimum absolute atomic E-state index is 0.0319. The lowest BCUT2D eigenvalue weighted by Crippen LogP contribution is -2.58. The Kier molecular flexibility index (Phi) is 21.4. The third-order valence-electron chi connectivity index (χ3n) is 11.2. The highest BCUT2D eigenvalue weighted by atomic mass is 16.6. The van der Waals surface area contributed by atoms with Gasteiger partial charge in [0, 0.05) is 38.2 Å². The standard InChI is InChI=1S/C43H71NO12/c1-8-11-12-18-21-25-35(49)53-39-37-36(30(5)38(39)55-41(50)29(4)9-2)40(54-33(47)10-3)43(51,28-45)32(27-42(37,7)56-31(6)46)52-34(48)24-22-19-16-14-13-15-17-20-23-26-44/h9,32,37-40,45,51H,8,10-28,44H2,1-7H3/b29-9-/t32-,37+,38-,39-,40-,42-,43+/m0/s1. The molecule has 0 radical (unpaired) electrons. The van der Waals surface area contributed by atoms with Crippen LogP contribution in [0.1, 0.15) is 164 Å². The number of allylic oxidation sites excluding steroid dienone is 1. The summed E-state index contributed by atoms with van der Waals surface area (Å²) in [4.78, 5) is 66.3. The summed E-state index contributed by atoms with van der Waals surface area (Å²) in [5.41, 5.74) is 2.13. The quantitative estimate of drug-likeness (QED) is 0.0293. The fourth-order valence-corrected chi connectivity index (χ4v) is 7.87. The monoisotopic (exact) mass is 793 g/mol. The van der Waals surface area contributed by atoms with Crippen LogP contribution in [0, 0.1) is 5.92 Å². The minimum atomic E-state index is -2.44. The number of esters is 5. The molecule has 0 aliphatic heterocycles. The number of unbranched alkanes of at least 4 members (excludes halogenated alkanes) is 12. The first kappa shape index (κ1) is 48.9. The molecule has 13 nitrogen and oxygen atoms in total. The van der Waals surface area contributed by atoms with Gasteiger partial charge in [0.05, 0.1) is 12.5 Å². The van der Waals surface area contributed by atoms with E-state index in [-0.39, 0.29) is 42.4 Å². The Bertz CT molecular complexity index is 1360. The molecule has 13 heteroatoms. The van der Waals surface area contributed by atoms with Crippen molar-refractivity contribution in [2.75, 3.05) is 13.2 Å². The van der Waals surface area contributed by atoms with E-state index in [1.807, 2.05) is 0 Å². The predicted molar refractivity (Wildman–Crippen MR) is 211 cm³/mol. The molecule has 0 heterocycles. The number of nitrogens with two attached hydrogens (primary N) is 1. The highest BCUT2D eigenvalue weighted by Crippen LogP contribution is 2.53. The number of carbonyl (C=O) groups excluding carboxylic acids is 5. The van der Waals surface area contributed by atoms with Gasteiger partial charge in [-0.3, -0.25) is 19.2 Å². The lowest BCUT2D eigenvalue weighted by atomic mass is 9.79. The van der Waals surface area contributed by atoms with Crippen LogP contribution in [-0.4, -0.2) is 88.8 Å². The summed E-state index contributed by atoms with van der Waals surface area (Å²) in [7, 11) is 0. The Morgan fingerprint density at radius 1 is 0.786 bits per heavy atom. The van der Waals surface area contributed by atoms with Crippen molar-refractivity contribution >= 4 is 29.8 Å². The summed E-state index contributed by atoms with van der Waals surface area (Å²) < 4.78 is 30.1. The van der Waals surface area contributed by atoms with Gasteiger partial charge in [0.25, 0.3) is 0 Å². The zero-order valence-electron chi connectivity index (χ0n) is 35.2. The van der Waals surface area contributed by atoms with Crippen molar-refractivity contribution < 1.29 is 57.9 Å². The molecule has 0 amide bonds. The number of aliphatic hydroxyl groups is 2. The van der Waals surface area contributed by atoms with Gasteiger partial charge >= 0.3 is 29.8 Å². The van der Waals surface area contributed by atoms with Crippen molar-refractivity contribution in [2.24, 2.45) is 11.7 Å². The maximum atomic E-state index is 13.5. The molecular formula is C43H71NO12. The number of rotatable bonds is 25. The second-order valence-electron chi connectivity index (χ2n) is 15.7. The molecule has 0 aromatic carbocycles. The van der Waals surface area contributed by atoms with Crippen molar-refractivity contribution in [3.8, 4) is 0 Å². The van der Waals surface area contributed by atoms with Crippen LogP contribution < -0.4 is 5.73 Å². The molecule has 2 aliphatic rings. The molecule has 1 fully saturated rings. The van der Waals surface area contributed by atoms with Crippen molar-refractivity contribution in [3.63, 3.8) is 0 Å². The summed E-state index contributed by atoms with van der Waals surface area (Å²) in [6, 6.07) is 0. The van der Waals surface area contributed by atoms with Crippen LogP contribution in [0.5, 0.6) is 0 Å². The maximum Gasteiger partial charge on any atom is 0.334 e. The first-order chi connectivity index (χ1) is 26.6. The third kappa shape index (κ3) is 14.0. The minimum Gasteiger partial charge on any atom is -0.459 e. The average Bonchev–Trinajstić information content (AvgIpc) is 3.38. The highest BCUT2D eigenvalue weighted by molar-refractivity contribution is 5.88. The van der Waals surface area contributed by atoms with Crippen molar-refractivity contribution in [3.05, 3.63) is 22.8 Å². The van der Waals surface area contributed by atoms with Crippen LogP contribution in [0.4, 0.5) is 0 Å². The number of ether oxygens (including phenoxy) is 5. The summed E-state index contributed by atoms with van der Waals surface area (Å²) in [6.07, 6.45) is 8.71. The average molecular weight is 794 g/mol. The largest absolute Gasteiger partial charge is 0.459 e. The summed E-state index contributed by atoms with van der Waals surface area (Å²) in [5.74, 6) is -4.55. The maximum absolute atomic E-state index is 13.5. The molecule has 320 valence electrons. The zero-order valence-corrected chi connectivity index (χ0v) is 35.2. The van der Waals surface area contributed by atoms with E-state index in [2.05, 4.69) is 6.92 Å². The molecule has 1 saturated carbocycles. The summed E-state index contributed by atoms with van der Waals surface area (Å²) in [6.45, 7) is 10.9. The first-order valence-corrected chi connectivity index (χ1v) is 21.0. The summed E-state index contributed by atoms with van der Waals surface area (Å²) >= 11 is 0. The van der Waals surface area contributed by atoms with Crippen LogP contribution >= 0.6 is 0 Å². The van der Waals surface area contributed by atoms with E-state index in [0.717, 1.165) is 77.0 Å². The number of hydrogen-bond donors (Lipinski definition) is 3. The van der Waals surface area contributed by atoms with Gasteiger partial charge in [0.2, 0.25) is 0 Å². The van der Waals surface area contributed by atoms with Crippen molar-refractivity contribution in [1.29, 1.82) is 0 Å². The second kappa shape index (κ2) is 24.5. The van der Waals surface area contributed by atoms with Gasteiger partial charge in [-0.1, -0.05) is 90.6 Å². The molecule has 0 unspecified atom stereocenters. The van der Waals surface area contributed by atoms with Gasteiger partial charge < -0.3 is 39.6 Å². The zero-order chi connectivity index (χ0) is 41.9. The highest BCUT2D eigenvalue weighted by Gasteiger charge is 2.66. The molecule has 0 spiro atoms. The SMILES string of the molecule is C/C=C(/C)C(=O)O[C@H]1C(C)=C2[C@H]([C@@H]1OC(=O)CCCCCCC)[C@@](C)(OC(C)=O)C[C@H](OC(=O)CCCCCCCCCCCN)[C@](O)(CO)[C@H]2OC(=O)CC. The van der Waals surface area contributed by atoms with E-state index in [1.165, 1.54) is 6.92 Å². The van der Waals surface area contributed by atoms with Gasteiger partial charge in [0.1, 0.15) is 11.7 Å². The Labute approximate surface area is 334 Å². The van der Waals surface area contributed by atoms with E-state index in [0.29, 0.717) is 19.4 Å². The van der Waals surface area contributed by atoms with Gasteiger partial charge in [-0.15, -0.1) is 0 Å². The molecule has 0 bridgehead atoms. The van der Waals surface area contributed by atoms with E-state index >= 15 is 0 Å². The van der Waals surface area contributed by atoms with Gasteiger partial charge in [-0.2, -0.15) is 0 Å². The van der Waals surface area contributed by atoms with E-state index < -0.39 is 78.0 Å². The van der Waals surface area contributed by atoms with E-state index in [1.54, 1.807) is 40.7 Å². The number of fused-ring (bicyclic) bond motifs is 1. The molecule has 0 aromatic rings. The van der Waals surface area contributed by atoms with Crippen LogP contribution in [-0.2, 0) is 47.7 Å². The van der Waals surface area contributed by atoms with Gasteiger partial charge in [-0.25, -0.2) is 4.79 Å². The van der Waals surface area contributed by atoms with Crippen molar-refractivity contribution in [2.45, 2.75) is 200 Å². The van der Waals surface area contributed by atoms with Crippen LogP contribution in [0.2, 0.25) is 0 Å². The predicted octanol–water partition coefficient (Wildman–Crippen LogP) is 6.63. The molecular weight excluding hydrogens is 722 g/mol. The van der Waals surface area contributed by atoms with Crippen LogP contribution in [0.25, 0.3) is 0 Å². The Morgan fingerprint density at radius 2 is 1.32 bits per heavy atom. The molecule has 2 rings (SSSR count). The van der Waals surface area contributed by atoms with E-state index in [4.69, 9.17) is 29.4 Å². The third-order valence-corrected chi connectivity index (χ3v) is 11.2. The molecule has 56 heavy (non-hydrogen) atoms. The number of aliphatic hydroxyl groups excluding tert-OH is 1. The fraction of sp³-hybridized carbons (Fsp3) is 0.791. The van der Waals surface area contributed by atoms with Gasteiger partial charge in [-0.05, 0) is 64.6 Å². The molecule has 4 N–H and O–H groups in total. The van der Waals surface area contributed by atoms with Crippen molar-refractivity contribution in [1.82, 2.24) is 0 Å². The number of hydrogen-bond acceptors (Lipinski definition) is 13. The molecule has 0 saturated heterocycles. The summed E-state index contributed by atoms with van der Waals surface area (Å²) in [5, 5.41) is 23.5. The topological polar surface area (TPSA) is 198 Å². The van der Waals surface area contributed by atoms with Gasteiger partial charge in [0.15, 0.2) is 23.9 Å². The smallest absolute Gasteiger partial charge is 0.334 e.